The van der Waals surface area contributed by atoms with Crippen LogP contribution in [0.15, 0.2) is 6.20 Å². The predicted octanol–water partition coefficient (Wildman–Crippen LogP) is 0.704. The third-order valence-corrected chi connectivity index (χ3v) is 1.48. The van der Waals surface area contributed by atoms with Crippen LogP contribution in [0.25, 0.3) is 0 Å². The fourth-order valence-electron chi connectivity index (χ4n) is 0.891. The fourth-order valence-corrected chi connectivity index (χ4v) is 0.891. The molecule has 0 saturated carbocycles. The number of hydrogen-bond acceptors (Lipinski definition) is 4. The first-order valence-corrected chi connectivity index (χ1v) is 3.32. The lowest BCUT2D eigenvalue weighted by Crippen LogP contribution is -2.05. The normalized spacial score (nSPS) is 10.2. The minimum absolute atomic E-state index is 0.0469. The van der Waals surface area contributed by atoms with Gasteiger partial charge in [0.05, 0.1) is 0 Å². The molecular weight excluding hydrogens is 162 g/mol. The maximum atomic E-state index is 10.4. The smallest absolute Gasteiger partial charge is 0.344 e. The summed E-state index contributed by atoms with van der Waals surface area (Å²) in [5, 5.41) is 10.4. The van der Waals surface area contributed by atoms with Gasteiger partial charge in [-0.3, -0.25) is 0 Å². The standard InChI is InChI=1S/C6H9N3O3/c1-5-7-3-6(9(10)11)8(5)4-12-2/h3H,4H2,1-2H3. The molecule has 0 aliphatic rings. The molecule has 0 saturated heterocycles. The third kappa shape index (κ3) is 1.42. The number of imidazole rings is 1. The van der Waals surface area contributed by atoms with Crippen molar-refractivity contribution in [3.63, 3.8) is 0 Å². The van der Waals surface area contributed by atoms with E-state index in [1.807, 2.05) is 0 Å². The van der Waals surface area contributed by atoms with Crippen molar-refractivity contribution in [3.8, 4) is 0 Å². The molecule has 0 aromatic carbocycles. The molecule has 6 heteroatoms. The van der Waals surface area contributed by atoms with E-state index in [0.717, 1.165) is 0 Å². The van der Waals surface area contributed by atoms with Crippen molar-refractivity contribution in [1.82, 2.24) is 9.55 Å². The largest absolute Gasteiger partial charge is 0.358 e. The van der Waals surface area contributed by atoms with Crippen LogP contribution < -0.4 is 0 Å². The van der Waals surface area contributed by atoms with Crippen LogP contribution in [-0.2, 0) is 11.5 Å². The molecule has 0 spiro atoms. The highest BCUT2D eigenvalue weighted by molar-refractivity contribution is 5.18. The van der Waals surface area contributed by atoms with Crippen molar-refractivity contribution >= 4 is 5.82 Å². The second-order valence-corrected chi connectivity index (χ2v) is 2.27. The van der Waals surface area contributed by atoms with Gasteiger partial charge in [0, 0.05) is 14.0 Å². The van der Waals surface area contributed by atoms with Crippen molar-refractivity contribution < 1.29 is 9.66 Å². The maximum absolute atomic E-state index is 10.4. The molecule has 12 heavy (non-hydrogen) atoms. The van der Waals surface area contributed by atoms with Crippen molar-refractivity contribution in [2.75, 3.05) is 7.11 Å². The number of aryl methyl sites for hydroxylation is 1. The Balaban J connectivity index is 3.03. The molecule has 1 aromatic heterocycles. The van der Waals surface area contributed by atoms with E-state index < -0.39 is 4.92 Å². The van der Waals surface area contributed by atoms with E-state index in [0.29, 0.717) is 5.82 Å². The highest BCUT2D eigenvalue weighted by Gasteiger charge is 2.15. The molecule has 0 unspecified atom stereocenters. The van der Waals surface area contributed by atoms with E-state index in [4.69, 9.17) is 4.74 Å². The minimum atomic E-state index is -0.487. The highest BCUT2D eigenvalue weighted by atomic mass is 16.6. The van der Waals surface area contributed by atoms with Crippen molar-refractivity contribution in [3.05, 3.63) is 22.1 Å². The molecule has 0 bridgehead atoms. The Morgan fingerprint density at radius 1 is 1.83 bits per heavy atom. The molecule has 0 aliphatic carbocycles. The van der Waals surface area contributed by atoms with Gasteiger partial charge in [0.25, 0.3) is 0 Å². The molecule has 1 rings (SSSR count). The monoisotopic (exact) mass is 171 g/mol. The van der Waals surface area contributed by atoms with E-state index in [2.05, 4.69) is 4.98 Å². The van der Waals surface area contributed by atoms with Crippen LogP contribution in [-0.4, -0.2) is 21.6 Å². The van der Waals surface area contributed by atoms with Crippen molar-refractivity contribution in [2.45, 2.75) is 13.7 Å². The Bertz CT molecular complexity index is 294. The first kappa shape index (κ1) is 8.66. The molecule has 0 amide bonds. The number of hydrogen-bond donors (Lipinski definition) is 0. The molecule has 1 aromatic rings. The fraction of sp³-hybridized carbons (Fsp3) is 0.500. The molecular formula is C6H9N3O3. The summed E-state index contributed by atoms with van der Waals surface area (Å²) < 4.78 is 6.17. The van der Waals surface area contributed by atoms with Gasteiger partial charge in [0.1, 0.15) is 6.20 Å². The Morgan fingerprint density at radius 3 is 3.00 bits per heavy atom. The van der Waals surface area contributed by atoms with Crippen LogP contribution in [0.1, 0.15) is 5.82 Å². The van der Waals surface area contributed by atoms with Gasteiger partial charge < -0.3 is 14.9 Å². The predicted molar refractivity (Wildman–Crippen MR) is 40.6 cm³/mol. The lowest BCUT2D eigenvalue weighted by molar-refractivity contribution is -0.393. The average Bonchev–Trinajstić information content (AvgIpc) is 2.34. The van der Waals surface area contributed by atoms with Crippen LogP contribution in [0.5, 0.6) is 0 Å². The summed E-state index contributed by atoms with van der Waals surface area (Å²) >= 11 is 0. The number of aromatic nitrogens is 2. The zero-order chi connectivity index (χ0) is 9.14. The van der Waals surface area contributed by atoms with Crippen LogP contribution in [0.2, 0.25) is 0 Å². The van der Waals surface area contributed by atoms with Crippen LogP contribution in [0.4, 0.5) is 5.82 Å². The van der Waals surface area contributed by atoms with Crippen LogP contribution in [0.3, 0.4) is 0 Å². The van der Waals surface area contributed by atoms with Gasteiger partial charge in [0.2, 0.25) is 0 Å². The van der Waals surface area contributed by atoms with E-state index >= 15 is 0 Å². The van der Waals surface area contributed by atoms with Gasteiger partial charge >= 0.3 is 5.82 Å². The lowest BCUT2D eigenvalue weighted by atomic mass is 10.7. The molecule has 1 heterocycles. The van der Waals surface area contributed by atoms with Crippen LogP contribution >= 0.6 is 0 Å². The average molecular weight is 171 g/mol. The molecule has 0 atom stereocenters. The zero-order valence-corrected chi connectivity index (χ0v) is 6.85. The van der Waals surface area contributed by atoms with Crippen molar-refractivity contribution in [1.29, 1.82) is 0 Å². The van der Waals surface area contributed by atoms with Gasteiger partial charge in [-0.05, 0) is 4.92 Å². The van der Waals surface area contributed by atoms with Gasteiger partial charge in [-0.1, -0.05) is 0 Å². The zero-order valence-electron chi connectivity index (χ0n) is 6.85. The van der Waals surface area contributed by atoms with Crippen LogP contribution in [0, 0.1) is 17.0 Å². The number of nitrogens with zero attached hydrogens (tertiary/aromatic N) is 3. The van der Waals surface area contributed by atoms with Crippen molar-refractivity contribution in [2.24, 2.45) is 0 Å². The summed E-state index contributed by atoms with van der Waals surface area (Å²) in [6, 6.07) is 0. The molecule has 66 valence electrons. The summed E-state index contributed by atoms with van der Waals surface area (Å²) in [7, 11) is 1.48. The molecule has 0 fully saturated rings. The number of nitro groups is 1. The minimum Gasteiger partial charge on any atom is -0.358 e. The summed E-state index contributed by atoms with van der Waals surface area (Å²) in [5.74, 6) is 0.526. The Kier molecular flexibility index (Phi) is 2.39. The number of rotatable bonds is 3. The highest BCUT2D eigenvalue weighted by Crippen LogP contribution is 2.12. The van der Waals surface area contributed by atoms with E-state index in [-0.39, 0.29) is 12.5 Å². The first-order valence-electron chi connectivity index (χ1n) is 3.32. The second kappa shape index (κ2) is 3.31. The number of ether oxygens (including phenoxy) is 1. The van der Waals surface area contributed by atoms with Gasteiger partial charge in [-0.2, -0.15) is 4.57 Å². The third-order valence-electron chi connectivity index (χ3n) is 1.48. The van der Waals surface area contributed by atoms with E-state index in [9.17, 15) is 10.1 Å². The van der Waals surface area contributed by atoms with E-state index in [1.54, 1.807) is 6.92 Å². The topological polar surface area (TPSA) is 70.2 Å². The first-order chi connectivity index (χ1) is 5.66. The summed E-state index contributed by atoms with van der Waals surface area (Å²) in [6.07, 6.45) is 1.22. The summed E-state index contributed by atoms with van der Waals surface area (Å²) in [4.78, 5) is 13.7. The van der Waals surface area contributed by atoms with Gasteiger partial charge in [0.15, 0.2) is 12.6 Å². The van der Waals surface area contributed by atoms with Gasteiger partial charge in [-0.25, -0.2) is 4.98 Å². The molecule has 0 radical (unpaired) electrons. The molecule has 0 aliphatic heterocycles. The Hall–Kier alpha value is -1.43. The quantitative estimate of drug-likeness (QED) is 0.495. The Labute approximate surface area is 68.9 Å². The maximum Gasteiger partial charge on any atom is 0.344 e. The van der Waals surface area contributed by atoms with E-state index in [1.165, 1.54) is 17.9 Å². The molecule has 0 N–H and O–H groups in total. The Morgan fingerprint density at radius 2 is 2.50 bits per heavy atom. The SMILES string of the molecule is COCn1c([N+](=O)[O-])cnc1C. The lowest BCUT2D eigenvalue weighted by Gasteiger charge is -1.99. The van der Waals surface area contributed by atoms with Gasteiger partial charge in [-0.15, -0.1) is 0 Å². The summed E-state index contributed by atoms with van der Waals surface area (Å²) in [6.45, 7) is 1.84. The molecule has 6 nitrogen and oxygen atoms in total. The second-order valence-electron chi connectivity index (χ2n) is 2.27. The summed E-state index contributed by atoms with van der Waals surface area (Å²) in [5.41, 5.74) is 0. The number of methoxy groups -OCH3 is 1.